The third kappa shape index (κ3) is 4.31. The molecule has 2 heterocycles. The van der Waals surface area contributed by atoms with Gasteiger partial charge in [-0.2, -0.15) is 0 Å². The third-order valence-electron chi connectivity index (χ3n) is 5.31. The second-order valence-electron chi connectivity index (χ2n) is 7.50. The number of carbonyl (C=O) groups is 2. The average Bonchev–Trinajstić information content (AvgIpc) is 3.36. The number of hydrogen-bond acceptors (Lipinski definition) is 4. The summed E-state index contributed by atoms with van der Waals surface area (Å²) in [7, 11) is 0. The lowest BCUT2D eigenvalue weighted by molar-refractivity contribution is -0.107. The Kier molecular flexibility index (Phi) is 5.52. The van der Waals surface area contributed by atoms with Gasteiger partial charge in [0.15, 0.2) is 0 Å². The van der Waals surface area contributed by atoms with Crippen LogP contribution in [0, 0.1) is 0 Å². The summed E-state index contributed by atoms with van der Waals surface area (Å²) in [6.07, 6.45) is 3.78. The van der Waals surface area contributed by atoms with E-state index in [4.69, 9.17) is 4.74 Å². The van der Waals surface area contributed by atoms with E-state index in [-0.39, 0.29) is 10.4 Å². The number of fused-ring (bicyclic) bond motifs is 1. The minimum absolute atomic E-state index is 0.249. The van der Waals surface area contributed by atoms with Crippen LogP contribution in [-0.4, -0.2) is 14.9 Å². The molecular formula is C26H20N2O3S. The van der Waals surface area contributed by atoms with E-state index in [1.165, 1.54) is 0 Å². The lowest BCUT2D eigenvalue weighted by Crippen LogP contribution is -2.10. The van der Waals surface area contributed by atoms with Gasteiger partial charge in [-0.05, 0) is 47.0 Å². The Morgan fingerprint density at radius 2 is 1.69 bits per heavy atom. The van der Waals surface area contributed by atoms with Crippen molar-refractivity contribution < 1.29 is 14.3 Å². The molecule has 32 heavy (non-hydrogen) atoms. The number of aromatic nitrogens is 1. The molecule has 0 unspecified atom stereocenters. The van der Waals surface area contributed by atoms with Crippen molar-refractivity contribution in [1.29, 1.82) is 0 Å². The standard InChI is InChI=1S/C26H20N2O3S/c29-25-23(27-26(30)32-25)15-20-7-4-8-24-22(20)13-14-28(24)16-18-9-11-21(12-10-18)31-17-19-5-2-1-3-6-19/h1-15H,16-17H2,(H,27,30). The molecule has 1 aliphatic rings. The lowest BCUT2D eigenvalue weighted by atomic mass is 10.1. The molecule has 0 aliphatic carbocycles. The van der Waals surface area contributed by atoms with Gasteiger partial charge in [-0.3, -0.25) is 9.59 Å². The zero-order valence-corrected chi connectivity index (χ0v) is 18.0. The Labute approximate surface area is 189 Å². The van der Waals surface area contributed by atoms with Crippen LogP contribution < -0.4 is 10.1 Å². The average molecular weight is 441 g/mol. The molecule has 0 bridgehead atoms. The monoisotopic (exact) mass is 440 g/mol. The molecule has 6 heteroatoms. The molecule has 1 fully saturated rings. The number of hydrogen-bond donors (Lipinski definition) is 1. The van der Waals surface area contributed by atoms with E-state index in [1.54, 1.807) is 6.08 Å². The van der Waals surface area contributed by atoms with E-state index in [2.05, 4.69) is 28.1 Å². The molecule has 1 aliphatic heterocycles. The first-order chi connectivity index (χ1) is 15.7. The first-order valence-electron chi connectivity index (χ1n) is 10.2. The molecule has 0 spiro atoms. The van der Waals surface area contributed by atoms with Gasteiger partial charge < -0.3 is 14.6 Å². The molecule has 1 aromatic heterocycles. The van der Waals surface area contributed by atoms with Crippen molar-refractivity contribution in [3.05, 3.63) is 107 Å². The highest BCUT2D eigenvalue weighted by Crippen LogP contribution is 2.26. The summed E-state index contributed by atoms with van der Waals surface area (Å²) in [5.41, 5.74) is 4.59. The van der Waals surface area contributed by atoms with Gasteiger partial charge in [0, 0.05) is 35.4 Å². The van der Waals surface area contributed by atoms with Crippen molar-refractivity contribution in [3.63, 3.8) is 0 Å². The van der Waals surface area contributed by atoms with Crippen LogP contribution in [0.1, 0.15) is 16.7 Å². The van der Waals surface area contributed by atoms with Gasteiger partial charge in [-0.15, -0.1) is 0 Å². The Morgan fingerprint density at radius 3 is 2.44 bits per heavy atom. The fourth-order valence-corrected chi connectivity index (χ4v) is 4.27. The second-order valence-corrected chi connectivity index (χ2v) is 8.45. The van der Waals surface area contributed by atoms with Gasteiger partial charge in [0.25, 0.3) is 5.24 Å². The van der Waals surface area contributed by atoms with E-state index in [0.29, 0.717) is 30.6 Å². The Morgan fingerprint density at radius 1 is 0.875 bits per heavy atom. The van der Waals surface area contributed by atoms with Gasteiger partial charge in [-0.25, -0.2) is 0 Å². The van der Waals surface area contributed by atoms with Crippen LogP contribution in [0.15, 0.2) is 90.8 Å². The Bertz CT molecular complexity index is 1320. The summed E-state index contributed by atoms with van der Waals surface area (Å²) in [6, 6.07) is 26.2. The number of ether oxygens (including phenoxy) is 1. The van der Waals surface area contributed by atoms with E-state index < -0.39 is 0 Å². The summed E-state index contributed by atoms with van der Waals surface area (Å²) < 4.78 is 8.04. The van der Waals surface area contributed by atoms with Crippen LogP contribution in [0.2, 0.25) is 0 Å². The van der Waals surface area contributed by atoms with Crippen LogP contribution in [0.5, 0.6) is 5.75 Å². The van der Waals surface area contributed by atoms with Crippen molar-refractivity contribution >= 4 is 39.1 Å². The van der Waals surface area contributed by atoms with E-state index >= 15 is 0 Å². The minimum Gasteiger partial charge on any atom is -0.489 e. The number of thioether (sulfide) groups is 1. The van der Waals surface area contributed by atoms with Gasteiger partial charge >= 0.3 is 0 Å². The summed E-state index contributed by atoms with van der Waals surface area (Å²) >= 11 is 0.691. The normalized spacial score (nSPS) is 14.8. The first kappa shape index (κ1) is 20.2. The van der Waals surface area contributed by atoms with Crippen LogP contribution >= 0.6 is 11.8 Å². The smallest absolute Gasteiger partial charge is 0.291 e. The number of amides is 1. The number of benzene rings is 3. The topological polar surface area (TPSA) is 60.3 Å². The predicted molar refractivity (Wildman–Crippen MR) is 127 cm³/mol. The minimum atomic E-state index is -0.331. The zero-order chi connectivity index (χ0) is 21.9. The van der Waals surface area contributed by atoms with Crippen molar-refractivity contribution in [2.75, 3.05) is 0 Å². The zero-order valence-electron chi connectivity index (χ0n) is 17.2. The fourth-order valence-electron chi connectivity index (χ4n) is 3.72. The fraction of sp³-hybridized carbons (Fsp3) is 0.0769. The van der Waals surface area contributed by atoms with Crippen LogP contribution in [0.4, 0.5) is 4.79 Å². The van der Waals surface area contributed by atoms with Crippen LogP contribution in [-0.2, 0) is 17.9 Å². The lowest BCUT2D eigenvalue weighted by Gasteiger charge is -2.09. The molecule has 0 atom stereocenters. The molecule has 5 nitrogen and oxygen atoms in total. The maximum absolute atomic E-state index is 11.9. The van der Waals surface area contributed by atoms with Crippen molar-refractivity contribution in [2.24, 2.45) is 0 Å². The summed E-state index contributed by atoms with van der Waals surface area (Å²) in [5, 5.41) is 3.06. The highest BCUT2D eigenvalue weighted by atomic mass is 32.2. The highest BCUT2D eigenvalue weighted by Gasteiger charge is 2.25. The maximum atomic E-state index is 11.9. The molecule has 1 N–H and O–H groups in total. The van der Waals surface area contributed by atoms with Gasteiger partial charge in [-0.1, -0.05) is 54.6 Å². The Balaban J connectivity index is 1.32. The predicted octanol–water partition coefficient (Wildman–Crippen LogP) is 5.59. The van der Waals surface area contributed by atoms with Gasteiger partial charge in [0.1, 0.15) is 12.4 Å². The Hall–Kier alpha value is -3.77. The largest absolute Gasteiger partial charge is 0.489 e. The second kappa shape index (κ2) is 8.77. The number of carbonyl (C=O) groups excluding carboxylic acids is 2. The van der Waals surface area contributed by atoms with E-state index in [0.717, 1.165) is 33.3 Å². The van der Waals surface area contributed by atoms with Gasteiger partial charge in [0.05, 0.1) is 5.70 Å². The quantitative estimate of drug-likeness (QED) is 0.397. The molecule has 0 saturated carbocycles. The van der Waals surface area contributed by atoms with E-state index in [1.807, 2.05) is 66.9 Å². The summed E-state index contributed by atoms with van der Waals surface area (Å²) in [6.45, 7) is 1.26. The molecule has 158 valence electrons. The van der Waals surface area contributed by atoms with Crippen molar-refractivity contribution in [1.82, 2.24) is 9.88 Å². The molecular weight excluding hydrogens is 420 g/mol. The molecule has 1 saturated heterocycles. The van der Waals surface area contributed by atoms with E-state index in [9.17, 15) is 9.59 Å². The molecule has 4 aromatic rings. The molecule has 5 rings (SSSR count). The number of nitrogens with one attached hydrogen (secondary N) is 1. The van der Waals surface area contributed by atoms with Crippen LogP contribution in [0.3, 0.4) is 0 Å². The summed E-state index contributed by atoms with van der Waals surface area (Å²) in [4.78, 5) is 23.4. The van der Waals surface area contributed by atoms with Crippen LogP contribution in [0.25, 0.3) is 17.0 Å². The SMILES string of the molecule is O=C1NC(=Cc2cccc3c2ccn3Cc2ccc(OCc3ccccc3)cc2)C(=O)S1. The summed E-state index contributed by atoms with van der Waals surface area (Å²) in [5.74, 6) is 0.838. The molecule has 3 aromatic carbocycles. The maximum Gasteiger partial charge on any atom is 0.291 e. The highest BCUT2D eigenvalue weighted by molar-refractivity contribution is 8.27. The molecule has 0 radical (unpaired) electrons. The van der Waals surface area contributed by atoms with Crippen molar-refractivity contribution in [2.45, 2.75) is 13.2 Å². The number of rotatable bonds is 6. The third-order valence-corrected chi connectivity index (χ3v) is 6.01. The number of nitrogens with zero attached hydrogens (tertiary/aromatic N) is 1. The first-order valence-corrected chi connectivity index (χ1v) is 11.1. The molecule has 1 amide bonds. The van der Waals surface area contributed by atoms with Gasteiger partial charge in [0.2, 0.25) is 5.12 Å². The van der Waals surface area contributed by atoms with Crippen molar-refractivity contribution in [3.8, 4) is 5.75 Å².